The number of carboxylic acid groups (broad SMARTS) is 1. The highest BCUT2D eigenvalue weighted by Crippen LogP contribution is 2.48. The summed E-state index contributed by atoms with van der Waals surface area (Å²) in [5.74, 6) is -0.954. The summed E-state index contributed by atoms with van der Waals surface area (Å²) < 4.78 is 0. The Labute approximate surface area is 220 Å². The van der Waals surface area contributed by atoms with Crippen LogP contribution in [0.3, 0.4) is 0 Å². The number of amides is 2. The third-order valence-electron chi connectivity index (χ3n) is 6.74. The highest BCUT2D eigenvalue weighted by atomic mass is 35.5. The number of benzene rings is 1. The van der Waals surface area contributed by atoms with E-state index in [0.717, 1.165) is 16.9 Å². The van der Waals surface area contributed by atoms with Gasteiger partial charge >= 0.3 is 5.97 Å². The van der Waals surface area contributed by atoms with Crippen LogP contribution < -0.4 is 15.5 Å². The number of hydrogen-bond donors (Lipinski definition) is 4. The van der Waals surface area contributed by atoms with Gasteiger partial charge in [0.25, 0.3) is 11.8 Å². The molecule has 1 aliphatic heterocycles. The molecule has 3 aromatic rings. The second-order valence-corrected chi connectivity index (χ2v) is 10.7. The number of nitrogens with one attached hydrogen (secondary N) is 3. The molecule has 5 rings (SSSR count). The number of anilines is 1. The fourth-order valence-electron chi connectivity index (χ4n) is 4.72. The predicted molar refractivity (Wildman–Crippen MR) is 138 cm³/mol. The van der Waals surface area contributed by atoms with Crippen LogP contribution in [0.1, 0.15) is 47.5 Å². The van der Waals surface area contributed by atoms with Crippen LogP contribution in [-0.2, 0) is 6.42 Å². The molecule has 9 nitrogen and oxygen atoms in total. The van der Waals surface area contributed by atoms with Gasteiger partial charge in [-0.2, -0.15) is 0 Å². The van der Waals surface area contributed by atoms with E-state index in [2.05, 4.69) is 25.5 Å². The molecule has 0 unspecified atom stereocenters. The zero-order valence-electron chi connectivity index (χ0n) is 19.4. The van der Waals surface area contributed by atoms with Crippen LogP contribution in [0.2, 0.25) is 10.0 Å². The molecular formula is C24H23Cl2N5O4S. The Bertz CT molecular complexity index is 1360. The lowest BCUT2D eigenvalue weighted by Gasteiger charge is -2.19. The highest BCUT2D eigenvalue weighted by molar-refractivity contribution is 7.17. The van der Waals surface area contributed by atoms with E-state index < -0.39 is 5.97 Å². The van der Waals surface area contributed by atoms with Gasteiger partial charge < -0.3 is 25.6 Å². The summed E-state index contributed by atoms with van der Waals surface area (Å²) in [6.07, 6.45) is 0.352. The molecule has 12 heteroatoms. The minimum absolute atomic E-state index is 0.0319. The number of halogens is 2. The number of H-pyrrole nitrogens is 1. The number of nitrogens with zero attached hydrogens (tertiary/aromatic N) is 2. The number of piperidine rings is 1. The number of thiazole rings is 1. The average Bonchev–Trinajstić information content (AvgIpc) is 3.23. The molecule has 188 valence electrons. The van der Waals surface area contributed by atoms with Crippen molar-refractivity contribution in [3.05, 3.63) is 67.4 Å². The average molecular weight is 548 g/mol. The third kappa shape index (κ3) is 4.44. The largest absolute Gasteiger partial charge is 0.477 e. The number of rotatable bonds is 7. The maximum absolute atomic E-state index is 12.6. The summed E-state index contributed by atoms with van der Waals surface area (Å²) in [4.78, 5) is 46.1. The topological polar surface area (TPSA) is 127 Å². The first-order chi connectivity index (χ1) is 17.2. The number of aryl methyl sites for hydroxylation is 1. The summed E-state index contributed by atoms with van der Waals surface area (Å²) in [6.45, 7) is 3.11. The molecule has 2 aromatic heterocycles. The zero-order valence-corrected chi connectivity index (χ0v) is 21.7. The molecule has 4 N–H and O–H groups in total. The Kier molecular flexibility index (Phi) is 6.44. The molecule has 0 spiro atoms. The molecule has 3 heterocycles. The molecule has 1 aliphatic carbocycles. The van der Waals surface area contributed by atoms with Gasteiger partial charge in [0.05, 0.1) is 15.7 Å². The summed E-state index contributed by atoms with van der Waals surface area (Å²) in [7, 11) is 1.57. The lowest BCUT2D eigenvalue weighted by Crippen LogP contribution is -2.34. The first-order valence-corrected chi connectivity index (χ1v) is 12.9. The van der Waals surface area contributed by atoms with E-state index in [4.69, 9.17) is 23.2 Å². The number of aromatic carboxylic acids is 1. The van der Waals surface area contributed by atoms with Crippen LogP contribution in [0.15, 0.2) is 24.3 Å². The Morgan fingerprint density at radius 3 is 2.36 bits per heavy atom. The molecule has 2 fully saturated rings. The van der Waals surface area contributed by atoms with E-state index in [0.29, 0.717) is 46.6 Å². The van der Waals surface area contributed by atoms with Crippen molar-refractivity contribution < 1.29 is 19.5 Å². The van der Waals surface area contributed by atoms with Gasteiger partial charge in [0, 0.05) is 55.7 Å². The normalized spacial score (nSPS) is 20.2. The van der Waals surface area contributed by atoms with Crippen LogP contribution in [0.4, 0.5) is 5.13 Å². The highest BCUT2D eigenvalue weighted by Gasteiger charge is 2.57. The van der Waals surface area contributed by atoms with Gasteiger partial charge in [-0.05, 0) is 24.6 Å². The monoisotopic (exact) mass is 547 g/mol. The van der Waals surface area contributed by atoms with Gasteiger partial charge in [-0.15, -0.1) is 0 Å². The van der Waals surface area contributed by atoms with Crippen molar-refractivity contribution >= 4 is 57.5 Å². The second kappa shape index (κ2) is 9.42. The van der Waals surface area contributed by atoms with Crippen molar-refractivity contribution in [2.75, 3.05) is 25.0 Å². The summed E-state index contributed by atoms with van der Waals surface area (Å²) in [5.41, 5.74) is 2.81. The lowest BCUT2D eigenvalue weighted by atomic mass is 10.1. The summed E-state index contributed by atoms with van der Waals surface area (Å²) in [5, 5.41) is 16.6. The quantitative estimate of drug-likeness (QED) is 0.358. The van der Waals surface area contributed by atoms with Gasteiger partial charge in [-0.1, -0.05) is 46.7 Å². The maximum Gasteiger partial charge on any atom is 0.347 e. The van der Waals surface area contributed by atoms with Crippen molar-refractivity contribution in [2.24, 2.45) is 11.8 Å². The molecule has 0 bridgehead atoms. The Morgan fingerprint density at radius 1 is 1.14 bits per heavy atom. The van der Waals surface area contributed by atoms with Gasteiger partial charge in [0.15, 0.2) is 5.13 Å². The van der Waals surface area contributed by atoms with Crippen LogP contribution in [-0.4, -0.2) is 59.0 Å². The van der Waals surface area contributed by atoms with E-state index in [9.17, 15) is 19.5 Å². The summed E-state index contributed by atoms with van der Waals surface area (Å²) in [6, 6.07) is 7.06. The predicted octanol–water partition coefficient (Wildman–Crippen LogP) is 3.60. The van der Waals surface area contributed by atoms with Crippen LogP contribution in [0.5, 0.6) is 0 Å². The van der Waals surface area contributed by atoms with Crippen molar-refractivity contribution in [2.45, 2.75) is 19.4 Å². The summed E-state index contributed by atoms with van der Waals surface area (Å²) >= 11 is 13.4. The van der Waals surface area contributed by atoms with E-state index in [-0.39, 0.29) is 45.3 Å². The molecule has 1 saturated heterocycles. The first-order valence-electron chi connectivity index (χ1n) is 11.3. The van der Waals surface area contributed by atoms with E-state index in [1.807, 2.05) is 0 Å². The van der Waals surface area contributed by atoms with Gasteiger partial charge in [0.1, 0.15) is 10.6 Å². The number of carbonyl (C=O) groups is 3. The molecule has 1 saturated carbocycles. The van der Waals surface area contributed by atoms with Crippen molar-refractivity contribution in [3.63, 3.8) is 0 Å². The number of aromatic amines is 1. The van der Waals surface area contributed by atoms with E-state index >= 15 is 0 Å². The molecule has 36 heavy (non-hydrogen) atoms. The molecule has 2 amide bonds. The first kappa shape index (κ1) is 24.6. The van der Waals surface area contributed by atoms with Crippen LogP contribution in [0.25, 0.3) is 0 Å². The van der Waals surface area contributed by atoms with Gasteiger partial charge in [0.2, 0.25) is 0 Å². The smallest absolute Gasteiger partial charge is 0.347 e. The number of carbonyl (C=O) groups excluding carboxylic acids is 2. The van der Waals surface area contributed by atoms with Gasteiger partial charge in [-0.25, -0.2) is 9.78 Å². The van der Waals surface area contributed by atoms with Crippen molar-refractivity contribution in [3.8, 4) is 0 Å². The minimum Gasteiger partial charge on any atom is -0.477 e. The van der Waals surface area contributed by atoms with Gasteiger partial charge in [-0.3, -0.25) is 9.59 Å². The molecule has 3 atom stereocenters. The fourth-order valence-corrected chi connectivity index (χ4v) is 6.08. The third-order valence-corrected chi connectivity index (χ3v) is 8.83. The number of fused-ring (bicyclic) bond motifs is 1. The zero-order chi connectivity index (χ0) is 25.7. The van der Waals surface area contributed by atoms with E-state index in [1.54, 1.807) is 38.2 Å². The van der Waals surface area contributed by atoms with Crippen molar-refractivity contribution in [1.82, 2.24) is 20.6 Å². The maximum atomic E-state index is 12.6. The number of hydrogen-bond acceptors (Lipinski definition) is 6. The second-order valence-electron chi connectivity index (χ2n) is 9.02. The Hall–Kier alpha value is -3.08. The Balaban J connectivity index is 1.24. The molecular weight excluding hydrogens is 525 g/mol. The molecule has 2 aliphatic rings. The number of carboxylic acids is 1. The number of aromatic nitrogens is 2. The minimum atomic E-state index is -1.01. The molecule has 0 radical (unpaired) electrons. The standard InChI is InChI=1S/C24H23Cl2N5O4S/c1-10-16(25)17(26)19(28-10)22(33)30-18-13-8-31(9-14(13)18)24-29-15(20(36-24)23(34)35)7-11-3-5-12(6-4-11)21(32)27-2/h3-6,13-14,18,28H,7-9H2,1-2H3,(H,27,32)(H,30,33)(H,34,35)/t13-,14+,18-. The van der Waals surface area contributed by atoms with Crippen LogP contribution in [0, 0.1) is 18.8 Å². The van der Waals surface area contributed by atoms with Crippen LogP contribution >= 0.6 is 34.5 Å². The van der Waals surface area contributed by atoms with Crippen molar-refractivity contribution in [1.29, 1.82) is 0 Å². The fraction of sp³-hybridized carbons (Fsp3) is 0.333. The van der Waals surface area contributed by atoms with E-state index in [1.165, 1.54) is 0 Å². The Morgan fingerprint density at radius 2 is 1.81 bits per heavy atom. The molecule has 1 aromatic carbocycles. The SMILES string of the molecule is CNC(=O)c1ccc(Cc2nc(N3C[C@@H]4[C@H](C3)[C@@H]4NC(=O)c3[nH]c(C)c(Cl)c3Cl)sc2C(=O)O)cc1. The lowest BCUT2D eigenvalue weighted by molar-refractivity contribution is 0.0700.